The number of nitrogens with two attached hydrogens (primary N) is 1. The molecule has 1 aliphatic rings. The summed E-state index contributed by atoms with van der Waals surface area (Å²) in [6.07, 6.45) is 3.94. The number of nitrogens with one attached hydrogen (secondary N) is 2. The second-order valence-electron chi connectivity index (χ2n) is 4.96. The van der Waals surface area contributed by atoms with Crippen molar-refractivity contribution in [2.45, 2.75) is 25.3 Å². The van der Waals surface area contributed by atoms with Crippen LogP contribution < -0.4 is 16.4 Å². The maximum Gasteiger partial charge on any atom is 0.241 e. The molecule has 0 heterocycles. The van der Waals surface area contributed by atoms with Gasteiger partial charge < -0.3 is 16.4 Å². The van der Waals surface area contributed by atoms with Gasteiger partial charge in [-0.25, -0.2) is 0 Å². The van der Waals surface area contributed by atoms with Crippen molar-refractivity contribution in [3.8, 4) is 0 Å². The first-order valence-electron chi connectivity index (χ1n) is 6.68. The van der Waals surface area contributed by atoms with Gasteiger partial charge in [0.2, 0.25) is 11.8 Å². The topological polar surface area (TPSA) is 84.2 Å². The van der Waals surface area contributed by atoms with E-state index in [2.05, 4.69) is 17.2 Å². The van der Waals surface area contributed by atoms with Crippen molar-refractivity contribution in [2.24, 2.45) is 11.7 Å². The standard InChI is InChI=1S/C15H19N3O2/c1-2-4-13(16)15(20)18-12-6-3-5-11(9-12)17-14(19)10-7-8-10/h2-3,5-6,9-10,13H,1,4,7-8,16H2,(H,17,19)(H,18,20). The summed E-state index contributed by atoms with van der Waals surface area (Å²) in [4.78, 5) is 23.5. The van der Waals surface area contributed by atoms with E-state index in [1.165, 1.54) is 0 Å². The maximum absolute atomic E-state index is 11.8. The minimum Gasteiger partial charge on any atom is -0.326 e. The van der Waals surface area contributed by atoms with E-state index in [0.29, 0.717) is 17.8 Å². The van der Waals surface area contributed by atoms with Gasteiger partial charge in [0.1, 0.15) is 0 Å². The summed E-state index contributed by atoms with van der Waals surface area (Å²) in [7, 11) is 0. The molecule has 2 rings (SSSR count). The van der Waals surface area contributed by atoms with Crippen molar-refractivity contribution < 1.29 is 9.59 Å². The Kier molecular flexibility index (Phi) is 4.53. The fraction of sp³-hybridized carbons (Fsp3) is 0.333. The van der Waals surface area contributed by atoms with Gasteiger partial charge in [0.15, 0.2) is 0 Å². The van der Waals surface area contributed by atoms with Crippen molar-refractivity contribution in [1.29, 1.82) is 0 Å². The van der Waals surface area contributed by atoms with Gasteiger partial charge in [-0.2, -0.15) is 0 Å². The Morgan fingerprint density at radius 2 is 2.00 bits per heavy atom. The first-order valence-corrected chi connectivity index (χ1v) is 6.68. The smallest absolute Gasteiger partial charge is 0.241 e. The van der Waals surface area contributed by atoms with Crippen molar-refractivity contribution in [3.05, 3.63) is 36.9 Å². The molecule has 0 spiro atoms. The van der Waals surface area contributed by atoms with Gasteiger partial charge in [-0.1, -0.05) is 12.1 Å². The molecule has 106 valence electrons. The minimum absolute atomic E-state index is 0.0387. The van der Waals surface area contributed by atoms with Crippen LogP contribution in [0.4, 0.5) is 11.4 Å². The minimum atomic E-state index is -0.614. The van der Waals surface area contributed by atoms with Crippen LogP contribution in [0.1, 0.15) is 19.3 Å². The van der Waals surface area contributed by atoms with E-state index in [1.54, 1.807) is 30.3 Å². The number of hydrogen-bond donors (Lipinski definition) is 3. The summed E-state index contributed by atoms with van der Waals surface area (Å²) in [5.41, 5.74) is 6.98. The zero-order chi connectivity index (χ0) is 14.5. The summed E-state index contributed by atoms with van der Waals surface area (Å²) < 4.78 is 0. The molecule has 1 unspecified atom stereocenters. The summed E-state index contributed by atoms with van der Waals surface area (Å²) in [5.74, 6) is -0.0818. The molecule has 1 aromatic carbocycles. The summed E-state index contributed by atoms with van der Waals surface area (Å²) in [5, 5.41) is 5.56. The normalized spacial score (nSPS) is 15.2. The molecule has 1 aliphatic carbocycles. The molecule has 0 aliphatic heterocycles. The van der Waals surface area contributed by atoms with Crippen LogP contribution in [0.15, 0.2) is 36.9 Å². The fourth-order valence-corrected chi connectivity index (χ4v) is 1.79. The quantitative estimate of drug-likeness (QED) is 0.692. The number of anilines is 2. The summed E-state index contributed by atoms with van der Waals surface area (Å²) in [6, 6.07) is 6.43. The Morgan fingerprint density at radius 3 is 2.60 bits per heavy atom. The van der Waals surface area contributed by atoms with E-state index in [-0.39, 0.29) is 17.7 Å². The molecular weight excluding hydrogens is 254 g/mol. The average Bonchev–Trinajstić information content (AvgIpc) is 3.23. The molecule has 0 aromatic heterocycles. The third-order valence-corrected chi connectivity index (χ3v) is 3.10. The Labute approximate surface area is 118 Å². The van der Waals surface area contributed by atoms with Crippen molar-refractivity contribution >= 4 is 23.2 Å². The highest BCUT2D eigenvalue weighted by Crippen LogP contribution is 2.30. The lowest BCUT2D eigenvalue weighted by Crippen LogP contribution is -2.35. The van der Waals surface area contributed by atoms with E-state index < -0.39 is 6.04 Å². The SMILES string of the molecule is C=CCC(N)C(=O)Nc1cccc(NC(=O)C2CC2)c1. The molecule has 0 radical (unpaired) electrons. The number of hydrogen-bond acceptors (Lipinski definition) is 3. The molecule has 2 amide bonds. The molecule has 1 saturated carbocycles. The monoisotopic (exact) mass is 273 g/mol. The second kappa shape index (κ2) is 6.34. The van der Waals surface area contributed by atoms with Gasteiger partial charge >= 0.3 is 0 Å². The van der Waals surface area contributed by atoms with Crippen LogP contribution in [0, 0.1) is 5.92 Å². The Bertz CT molecular complexity index is 524. The van der Waals surface area contributed by atoms with Gasteiger partial charge in [0, 0.05) is 17.3 Å². The average molecular weight is 273 g/mol. The van der Waals surface area contributed by atoms with Crippen LogP contribution in [0.3, 0.4) is 0 Å². The van der Waals surface area contributed by atoms with Crippen LogP contribution in [0.2, 0.25) is 0 Å². The number of rotatable bonds is 6. The summed E-state index contributed by atoms with van der Waals surface area (Å²) >= 11 is 0. The maximum atomic E-state index is 11.8. The van der Waals surface area contributed by atoms with E-state index >= 15 is 0 Å². The molecule has 5 nitrogen and oxygen atoms in total. The molecule has 5 heteroatoms. The first-order chi connectivity index (χ1) is 9.60. The highest BCUT2D eigenvalue weighted by molar-refractivity contribution is 5.97. The van der Waals surface area contributed by atoms with Crippen LogP contribution in [0.25, 0.3) is 0 Å². The number of carbonyl (C=O) groups excluding carboxylic acids is 2. The lowest BCUT2D eigenvalue weighted by Gasteiger charge is -2.11. The lowest BCUT2D eigenvalue weighted by atomic mass is 10.2. The van der Waals surface area contributed by atoms with Crippen LogP contribution in [0.5, 0.6) is 0 Å². The van der Waals surface area contributed by atoms with Gasteiger partial charge in [-0.3, -0.25) is 9.59 Å². The summed E-state index contributed by atoms with van der Waals surface area (Å²) in [6.45, 7) is 3.55. The van der Waals surface area contributed by atoms with Crippen molar-refractivity contribution in [3.63, 3.8) is 0 Å². The van der Waals surface area contributed by atoms with E-state index in [0.717, 1.165) is 12.8 Å². The number of carbonyl (C=O) groups is 2. The van der Waals surface area contributed by atoms with E-state index in [9.17, 15) is 9.59 Å². The largest absolute Gasteiger partial charge is 0.326 e. The molecule has 20 heavy (non-hydrogen) atoms. The van der Waals surface area contributed by atoms with Gasteiger partial charge in [-0.05, 0) is 37.5 Å². The molecule has 1 fully saturated rings. The molecular formula is C15H19N3O2. The molecule has 0 bridgehead atoms. The van der Waals surface area contributed by atoms with E-state index in [1.807, 2.05) is 0 Å². The zero-order valence-electron chi connectivity index (χ0n) is 11.3. The predicted octanol–water partition coefficient (Wildman–Crippen LogP) is 1.88. The predicted molar refractivity (Wildman–Crippen MR) is 79.2 cm³/mol. The third-order valence-electron chi connectivity index (χ3n) is 3.10. The highest BCUT2D eigenvalue weighted by Gasteiger charge is 2.29. The second-order valence-corrected chi connectivity index (χ2v) is 4.96. The third kappa shape index (κ3) is 3.93. The molecule has 1 atom stereocenters. The number of benzene rings is 1. The van der Waals surface area contributed by atoms with Crippen LogP contribution in [-0.2, 0) is 9.59 Å². The van der Waals surface area contributed by atoms with Crippen molar-refractivity contribution in [2.75, 3.05) is 10.6 Å². The van der Waals surface area contributed by atoms with Crippen LogP contribution >= 0.6 is 0 Å². The van der Waals surface area contributed by atoms with Gasteiger partial charge in [0.05, 0.1) is 6.04 Å². The van der Waals surface area contributed by atoms with Gasteiger partial charge in [0.25, 0.3) is 0 Å². The lowest BCUT2D eigenvalue weighted by molar-refractivity contribution is -0.118. The molecule has 0 saturated heterocycles. The van der Waals surface area contributed by atoms with Crippen molar-refractivity contribution in [1.82, 2.24) is 0 Å². The molecule has 4 N–H and O–H groups in total. The van der Waals surface area contributed by atoms with E-state index in [4.69, 9.17) is 5.73 Å². The fourth-order valence-electron chi connectivity index (χ4n) is 1.79. The van der Waals surface area contributed by atoms with Crippen LogP contribution in [-0.4, -0.2) is 17.9 Å². The number of amides is 2. The zero-order valence-corrected chi connectivity index (χ0v) is 11.3. The Morgan fingerprint density at radius 1 is 1.35 bits per heavy atom. The molecule has 1 aromatic rings. The Balaban J connectivity index is 1.96. The Hall–Kier alpha value is -2.14. The van der Waals surface area contributed by atoms with Gasteiger partial charge in [-0.15, -0.1) is 6.58 Å². The first kappa shape index (κ1) is 14.3. The highest BCUT2D eigenvalue weighted by atomic mass is 16.2.